The lowest BCUT2D eigenvalue weighted by atomic mass is 9.95. The first-order valence-corrected chi connectivity index (χ1v) is 6.65. The SMILES string of the molecule is CCOC(=O)C(=O)N(C)CCC1CCCN(C)C1. The van der Waals surface area contributed by atoms with E-state index < -0.39 is 11.9 Å². The van der Waals surface area contributed by atoms with Gasteiger partial charge in [0.05, 0.1) is 6.61 Å². The zero-order chi connectivity index (χ0) is 13.5. The van der Waals surface area contributed by atoms with Crippen molar-refractivity contribution in [1.29, 1.82) is 0 Å². The van der Waals surface area contributed by atoms with Crippen LogP contribution in [-0.2, 0) is 14.3 Å². The first kappa shape index (κ1) is 15.0. The molecule has 0 spiro atoms. The summed E-state index contributed by atoms with van der Waals surface area (Å²) in [5.41, 5.74) is 0. The third-order valence-corrected chi connectivity index (χ3v) is 3.39. The number of nitrogens with zero attached hydrogens (tertiary/aromatic N) is 2. The Hall–Kier alpha value is -1.10. The number of amides is 1. The van der Waals surface area contributed by atoms with Gasteiger partial charge < -0.3 is 14.5 Å². The quantitative estimate of drug-likeness (QED) is 0.550. The van der Waals surface area contributed by atoms with Crippen molar-refractivity contribution in [2.24, 2.45) is 5.92 Å². The second-order valence-corrected chi connectivity index (χ2v) is 5.01. The maximum Gasteiger partial charge on any atom is 0.396 e. The maximum absolute atomic E-state index is 11.6. The molecule has 104 valence electrons. The van der Waals surface area contributed by atoms with E-state index in [1.54, 1.807) is 14.0 Å². The number of hydrogen-bond donors (Lipinski definition) is 0. The molecule has 5 heteroatoms. The van der Waals surface area contributed by atoms with Crippen LogP contribution in [0.3, 0.4) is 0 Å². The molecule has 18 heavy (non-hydrogen) atoms. The second-order valence-electron chi connectivity index (χ2n) is 5.01. The predicted molar refractivity (Wildman–Crippen MR) is 69.1 cm³/mol. The molecule has 0 aromatic heterocycles. The second kappa shape index (κ2) is 7.36. The molecule has 0 aromatic carbocycles. The first-order valence-electron chi connectivity index (χ1n) is 6.65. The van der Waals surface area contributed by atoms with E-state index in [-0.39, 0.29) is 6.61 Å². The highest BCUT2D eigenvalue weighted by molar-refractivity contribution is 6.32. The van der Waals surface area contributed by atoms with E-state index in [9.17, 15) is 9.59 Å². The Kier molecular flexibility index (Phi) is 6.12. The largest absolute Gasteiger partial charge is 0.459 e. The number of hydrogen-bond acceptors (Lipinski definition) is 4. The topological polar surface area (TPSA) is 49.9 Å². The standard InChI is InChI=1S/C13H24N2O3/c1-4-18-13(17)12(16)15(3)9-7-11-6-5-8-14(2)10-11/h11H,4-10H2,1-3H3. The lowest BCUT2D eigenvalue weighted by Crippen LogP contribution is -2.38. The zero-order valence-electron chi connectivity index (χ0n) is 11.6. The third-order valence-electron chi connectivity index (χ3n) is 3.39. The summed E-state index contributed by atoms with van der Waals surface area (Å²) in [5, 5.41) is 0. The van der Waals surface area contributed by atoms with Crippen LogP contribution in [0.5, 0.6) is 0 Å². The predicted octanol–water partition coefficient (Wildman–Crippen LogP) is 0.740. The molecule has 5 nitrogen and oxygen atoms in total. The van der Waals surface area contributed by atoms with Crippen LogP contribution in [0.15, 0.2) is 0 Å². The Balaban J connectivity index is 2.29. The van der Waals surface area contributed by atoms with Crippen LogP contribution < -0.4 is 0 Å². The van der Waals surface area contributed by atoms with Gasteiger partial charge in [-0.3, -0.25) is 4.79 Å². The molecule has 0 aliphatic carbocycles. The lowest BCUT2D eigenvalue weighted by molar-refractivity contribution is -0.159. The monoisotopic (exact) mass is 256 g/mol. The van der Waals surface area contributed by atoms with Crippen molar-refractivity contribution in [3.63, 3.8) is 0 Å². The van der Waals surface area contributed by atoms with Crippen LogP contribution in [0.25, 0.3) is 0 Å². The van der Waals surface area contributed by atoms with Crippen molar-refractivity contribution < 1.29 is 14.3 Å². The summed E-state index contributed by atoms with van der Waals surface area (Å²) in [5.74, 6) is -0.664. The number of carbonyl (C=O) groups is 2. The highest BCUT2D eigenvalue weighted by Gasteiger charge is 2.22. The van der Waals surface area contributed by atoms with Crippen molar-refractivity contribution in [2.75, 3.05) is 40.3 Å². The third kappa shape index (κ3) is 4.64. The maximum atomic E-state index is 11.6. The van der Waals surface area contributed by atoms with Crippen molar-refractivity contribution >= 4 is 11.9 Å². The number of rotatable bonds is 4. The minimum atomic E-state index is -0.749. The van der Waals surface area contributed by atoms with Crippen LogP contribution in [-0.4, -0.2) is 62.0 Å². The average Bonchev–Trinajstić information content (AvgIpc) is 2.35. The molecule has 0 aromatic rings. The summed E-state index contributed by atoms with van der Waals surface area (Å²) < 4.78 is 4.70. The Morgan fingerprint density at radius 2 is 2.17 bits per heavy atom. The van der Waals surface area contributed by atoms with E-state index in [2.05, 4.69) is 11.9 Å². The zero-order valence-corrected chi connectivity index (χ0v) is 11.6. The first-order chi connectivity index (χ1) is 8.54. The Morgan fingerprint density at radius 3 is 2.78 bits per heavy atom. The summed E-state index contributed by atoms with van der Waals surface area (Å²) in [4.78, 5) is 26.7. The number of esters is 1. The van der Waals surface area contributed by atoms with Crippen molar-refractivity contribution in [3.8, 4) is 0 Å². The summed E-state index contributed by atoms with van der Waals surface area (Å²) in [6.07, 6.45) is 3.38. The van der Waals surface area contributed by atoms with Gasteiger partial charge in [0.15, 0.2) is 0 Å². The van der Waals surface area contributed by atoms with E-state index in [4.69, 9.17) is 4.74 Å². The van der Waals surface area contributed by atoms with Gasteiger partial charge in [-0.1, -0.05) is 0 Å². The Morgan fingerprint density at radius 1 is 1.44 bits per heavy atom. The number of piperidine rings is 1. The van der Waals surface area contributed by atoms with E-state index in [1.807, 2.05) is 0 Å². The minimum Gasteiger partial charge on any atom is -0.459 e. The van der Waals surface area contributed by atoms with E-state index in [0.717, 1.165) is 19.5 Å². The van der Waals surface area contributed by atoms with Gasteiger partial charge in [-0.15, -0.1) is 0 Å². The number of carbonyl (C=O) groups excluding carboxylic acids is 2. The normalized spacial score (nSPS) is 20.5. The molecule has 1 aliphatic heterocycles. The van der Waals surface area contributed by atoms with Gasteiger partial charge in [0, 0.05) is 20.1 Å². The molecule has 1 rings (SSSR count). The van der Waals surface area contributed by atoms with Gasteiger partial charge in [0.2, 0.25) is 0 Å². The summed E-state index contributed by atoms with van der Waals surface area (Å²) >= 11 is 0. The summed E-state index contributed by atoms with van der Waals surface area (Å²) in [6, 6.07) is 0. The molecule has 0 bridgehead atoms. The Bertz CT molecular complexity index is 294. The number of ether oxygens (including phenoxy) is 1. The molecule has 1 heterocycles. The van der Waals surface area contributed by atoms with Crippen LogP contribution in [0.2, 0.25) is 0 Å². The number of likely N-dealkylation sites (tertiary alicyclic amines) is 1. The van der Waals surface area contributed by atoms with Crippen LogP contribution >= 0.6 is 0 Å². The summed E-state index contributed by atoms with van der Waals surface area (Å²) in [7, 11) is 3.78. The van der Waals surface area contributed by atoms with Gasteiger partial charge in [-0.25, -0.2) is 4.79 Å². The fourth-order valence-electron chi connectivity index (χ4n) is 2.34. The van der Waals surface area contributed by atoms with E-state index in [1.165, 1.54) is 17.7 Å². The molecule has 1 atom stereocenters. The number of likely N-dealkylation sites (N-methyl/N-ethyl adjacent to an activating group) is 1. The molecule has 1 saturated heterocycles. The fourth-order valence-corrected chi connectivity index (χ4v) is 2.34. The molecular weight excluding hydrogens is 232 g/mol. The highest BCUT2D eigenvalue weighted by Crippen LogP contribution is 2.18. The van der Waals surface area contributed by atoms with Crippen molar-refractivity contribution in [2.45, 2.75) is 26.2 Å². The average molecular weight is 256 g/mol. The molecule has 0 saturated carbocycles. The minimum absolute atomic E-state index is 0.242. The van der Waals surface area contributed by atoms with Crippen LogP contribution in [0.4, 0.5) is 0 Å². The molecule has 0 radical (unpaired) electrons. The molecule has 1 amide bonds. The smallest absolute Gasteiger partial charge is 0.396 e. The van der Waals surface area contributed by atoms with Crippen molar-refractivity contribution in [1.82, 2.24) is 9.80 Å². The van der Waals surface area contributed by atoms with E-state index >= 15 is 0 Å². The lowest BCUT2D eigenvalue weighted by Gasteiger charge is -2.30. The van der Waals surface area contributed by atoms with Gasteiger partial charge in [0.25, 0.3) is 0 Å². The molecule has 1 aliphatic rings. The molecule has 1 unspecified atom stereocenters. The van der Waals surface area contributed by atoms with Gasteiger partial charge in [0.1, 0.15) is 0 Å². The van der Waals surface area contributed by atoms with Crippen LogP contribution in [0.1, 0.15) is 26.2 Å². The van der Waals surface area contributed by atoms with Gasteiger partial charge in [-0.2, -0.15) is 0 Å². The van der Waals surface area contributed by atoms with E-state index in [0.29, 0.717) is 12.5 Å². The van der Waals surface area contributed by atoms with Gasteiger partial charge >= 0.3 is 11.9 Å². The van der Waals surface area contributed by atoms with Crippen LogP contribution in [0, 0.1) is 5.92 Å². The summed E-state index contributed by atoms with van der Waals surface area (Å²) in [6.45, 7) is 4.81. The molecule has 0 N–H and O–H groups in total. The Labute approximate surface area is 109 Å². The highest BCUT2D eigenvalue weighted by atomic mass is 16.5. The van der Waals surface area contributed by atoms with Gasteiger partial charge in [-0.05, 0) is 45.7 Å². The molecular formula is C13H24N2O3. The molecule has 1 fully saturated rings. The fraction of sp³-hybridized carbons (Fsp3) is 0.846. The van der Waals surface area contributed by atoms with Crippen molar-refractivity contribution in [3.05, 3.63) is 0 Å².